The number of carbonyl (C=O) groups excluding carboxylic acids is 1. The molecular formula is C15H14N4O. The van der Waals surface area contributed by atoms with Crippen molar-refractivity contribution in [3.63, 3.8) is 0 Å². The van der Waals surface area contributed by atoms with Crippen LogP contribution in [0.15, 0.2) is 36.0 Å². The van der Waals surface area contributed by atoms with Gasteiger partial charge in [0, 0.05) is 19.3 Å². The molecule has 0 spiro atoms. The Morgan fingerprint density at radius 2 is 1.95 bits per heavy atom. The zero-order valence-electron chi connectivity index (χ0n) is 11.0. The van der Waals surface area contributed by atoms with E-state index < -0.39 is 5.91 Å². The minimum Gasteiger partial charge on any atom is -0.376 e. The van der Waals surface area contributed by atoms with Gasteiger partial charge in [-0.25, -0.2) is 0 Å². The molecule has 1 saturated heterocycles. The predicted octanol–water partition coefficient (Wildman–Crippen LogP) is 2.00. The zero-order valence-corrected chi connectivity index (χ0v) is 11.0. The molecule has 1 aromatic rings. The fourth-order valence-corrected chi connectivity index (χ4v) is 2.07. The van der Waals surface area contributed by atoms with Crippen molar-refractivity contribution in [1.82, 2.24) is 4.90 Å². The number of likely N-dealkylation sites (tertiary alicyclic amines) is 1. The summed E-state index contributed by atoms with van der Waals surface area (Å²) in [4.78, 5) is 14.0. The van der Waals surface area contributed by atoms with Crippen LogP contribution >= 0.6 is 0 Å². The molecule has 1 aliphatic rings. The van der Waals surface area contributed by atoms with Crippen LogP contribution in [0.3, 0.4) is 0 Å². The van der Waals surface area contributed by atoms with Gasteiger partial charge in [-0.3, -0.25) is 4.79 Å². The molecule has 5 heteroatoms. The van der Waals surface area contributed by atoms with Gasteiger partial charge in [-0.05, 0) is 25.0 Å². The van der Waals surface area contributed by atoms with Crippen molar-refractivity contribution >= 4 is 11.6 Å². The summed E-state index contributed by atoms with van der Waals surface area (Å²) in [5.41, 5.74) is 0.849. The van der Waals surface area contributed by atoms with Gasteiger partial charge in [-0.15, -0.1) is 0 Å². The van der Waals surface area contributed by atoms with Gasteiger partial charge >= 0.3 is 0 Å². The first kappa shape index (κ1) is 13.6. The van der Waals surface area contributed by atoms with Crippen LogP contribution in [0.25, 0.3) is 0 Å². The summed E-state index contributed by atoms with van der Waals surface area (Å²) in [7, 11) is 0. The Morgan fingerprint density at radius 1 is 1.25 bits per heavy atom. The Morgan fingerprint density at radius 3 is 2.60 bits per heavy atom. The minimum absolute atomic E-state index is 0.0552. The van der Waals surface area contributed by atoms with Gasteiger partial charge in [0.05, 0.1) is 11.3 Å². The predicted molar refractivity (Wildman–Crippen MR) is 74.3 cm³/mol. The molecule has 0 radical (unpaired) electrons. The summed E-state index contributed by atoms with van der Waals surface area (Å²) in [6.45, 7) is 1.74. The molecule has 1 amide bonds. The Kier molecular flexibility index (Phi) is 4.36. The van der Waals surface area contributed by atoms with E-state index in [4.69, 9.17) is 10.5 Å². The highest BCUT2D eigenvalue weighted by Crippen LogP contribution is 2.15. The molecule has 1 fully saturated rings. The van der Waals surface area contributed by atoms with Crippen LogP contribution in [0.1, 0.15) is 18.4 Å². The second-order valence-electron chi connectivity index (χ2n) is 4.51. The van der Waals surface area contributed by atoms with E-state index in [1.54, 1.807) is 30.5 Å². The molecule has 0 unspecified atom stereocenters. The molecule has 100 valence electrons. The normalized spacial score (nSPS) is 14.5. The van der Waals surface area contributed by atoms with Crippen LogP contribution in [-0.4, -0.2) is 23.9 Å². The number of amides is 1. The number of para-hydroxylation sites is 1. The number of rotatable bonds is 3. The molecule has 2 rings (SSSR count). The molecular weight excluding hydrogens is 252 g/mol. The molecule has 0 bridgehead atoms. The fourth-order valence-electron chi connectivity index (χ4n) is 2.07. The zero-order chi connectivity index (χ0) is 14.4. The van der Waals surface area contributed by atoms with Gasteiger partial charge in [0.1, 0.15) is 17.7 Å². The first-order chi connectivity index (χ1) is 9.74. The van der Waals surface area contributed by atoms with Gasteiger partial charge in [0.15, 0.2) is 0 Å². The summed E-state index contributed by atoms with van der Waals surface area (Å²) < 4.78 is 0. The maximum Gasteiger partial charge on any atom is 0.267 e. The average molecular weight is 266 g/mol. The van der Waals surface area contributed by atoms with Gasteiger partial charge < -0.3 is 10.2 Å². The second-order valence-corrected chi connectivity index (χ2v) is 4.51. The molecule has 1 heterocycles. The number of benzene rings is 1. The third kappa shape index (κ3) is 3.15. The van der Waals surface area contributed by atoms with Crippen molar-refractivity contribution < 1.29 is 4.79 Å². The van der Waals surface area contributed by atoms with E-state index in [9.17, 15) is 4.79 Å². The highest BCUT2D eigenvalue weighted by Gasteiger charge is 2.15. The van der Waals surface area contributed by atoms with E-state index in [1.165, 1.54) is 0 Å². The standard InChI is InChI=1S/C15H14N4O/c16-9-12-5-1-2-6-14(12)18-15(20)13(10-17)11-19-7-3-4-8-19/h1-2,5-6,11H,3-4,7-8H2,(H,18,20)/b13-11-. The first-order valence-corrected chi connectivity index (χ1v) is 6.41. The van der Waals surface area contributed by atoms with Crippen molar-refractivity contribution in [3.05, 3.63) is 41.6 Å². The number of hydrogen-bond acceptors (Lipinski definition) is 4. The SMILES string of the molecule is N#C/C(=C/N1CCCC1)C(=O)Nc1ccccc1C#N. The van der Waals surface area contributed by atoms with Gasteiger partial charge in [0.25, 0.3) is 5.91 Å². The highest BCUT2D eigenvalue weighted by molar-refractivity contribution is 6.07. The first-order valence-electron chi connectivity index (χ1n) is 6.41. The average Bonchev–Trinajstić information content (AvgIpc) is 2.98. The minimum atomic E-state index is -0.484. The Balaban J connectivity index is 2.14. The number of nitrogens with one attached hydrogen (secondary N) is 1. The Bertz CT molecular complexity index is 615. The van der Waals surface area contributed by atoms with Crippen molar-refractivity contribution in [1.29, 1.82) is 10.5 Å². The summed E-state index contributed by atoms with van der Waals surface area (Å²) in [5.74, 6) is -0.484. The molecule has 1 N–H and O–H groups in total. The molecule has 0 saturated carbocycles. The summed E-state index contributed by atoms with van der Waals surface area (Å²) in [6, 6.07) is 10.6. The molecule has 5 nitrogen and oxygen atoms in total. The lowest BCUT2D eigenvalue weighted by molar-refractivity contribution is -0.112. The highest BCUT2D eigenvalue weighted by atomic mass is 16.1. The third-order valence-electron chi connectivity index (χ3n) is 3.11. The third-order valence-corrected chi connectivity index (χ3v) is 3.11. The Hall–Kier alpha value is -2.79. The smallest absolute Gasteiger partial charge is 0.267 e. The van der Waals surface area contributed by atoms with E-state index >= 15 is 0 Å². The lowest BCUT2D eigenvalue weighted by atomic mass is 10.2. The van der Waals surface area contributed by atoms with Gasteiger partial charge in [-0.1, -0.05) is 12.1 Å². The van der Waals surface area contributed by atoms with Crippen molar-refractivity contribution in [2.75, 3.05) is 18.4 Å². The van der Waals surface area contributed by atoms with E-state index in [0.29, 0.717) is 11.3 Å². The maximum atomic E-state index is 12.1. The van der Waals surface area contributed by atoms with E-state index in [-0.39, 0.29) is 5.57 Å². The summed E-state index contributed by atoms with van der Waals surface area (Å²) in [5, 5.41) is 20.7. The van der Waals surface area contributed by atoms with E-state index in [2.05, 4.69) is 5.32 Å². The van der Waals surface area contributed by atoms with Crippen LogP contribution in [0, 0.1) is 22.7 Å². The van der Waals surface area contributed by atoms with Crippen LogP contribution in [0.2, 0.25) is 0 Å². The summed E-state index contributed by atoms with van der Waals surface area (Å²) >= 11 is 0. The molecule has 20 heavy (non-hydrogen) atoms. The van der Waals surface area contributed by atoms with Crippen LogP contribution < -0.4 is 5.32 Å². The molecule has 1 aliphatic heterocycles. The lowest BCUT2D eigenvalue weighted by Crippen LogP contribution is -2.19. The molecule has 0 aliphatic carbocycles. The van der Waals surface area contributed by atoms with Gasteiger partial charge in [0.2, 0.25) is 0 Å². The van der Waals surface area contributed by atoms with Crippen molar-refractivity contribution in [2.45, 2.75) is 12.8 Å². The van der Waals surface area contributed by atoms with E-state index in [1.807, 2.05) is 17.0 Å². The number of nitriles is 2. The fraction of sp³-hybridized carbons (Fsp3) is 0.267. The van der Waals surface area contributed by atoms with Crippen molar-refractivity contribution in [3.8, 4) is 12.1 Å². The van der Waals surface area contributed by atoms with Gasteiger partial charge in [-0.2, -0.15) is 10.5 Å². The van der Waals surface area contributed by atoms with Crippen LogP contribution in [0.4, 0.5) is 5.69 Å². The number of nitrogens with zero attached hydrogens (tertiary/aromatic N) is 3. The van der Waals surface area contributed by atoms with Crippen molar-refractivity contribution in [2.24, 2.45) is 0 Å². The lowest BCUT2D eigenvalue weighted by Gasteiger charge is -2.12. The largest absolute Gasteiger partial charge is 0.376 e. The quantitative estimate of drug-likeness (QED) is 0.670. The van der Waals surface area contributed by atoms with E-state index in [0.717, 1.165) is 25.9 Å². The monoisotopic (exact) mass is 266 g/mol. The topological polar surface area (TPSA) is 79.9 Å². The number of carbonyl (C=O) groups is 1. The molecule has 1 aromatic carbocycles. The van der Waals surface area contributed by atoms with Crippen LogP contribution in [0.5, 0.6) is 0 Å². The summed E-state index contributed by atoms with van der Waals surface area (Å²) in [6.07, 6.45) is 3.75. The second kappa shape index (κ2) is 6.40. The Labute approximate surface area is 117 Å². The molecule has 0 atom stereocenters. The maximum absolute atomic E-state index is 12.1. The number of hydrogen-bond donors (Lipinski definition) is 1. The van der Waals surface area contributed by atoms with Crippen LogP contribution in [-0.2, 0) is 4.79 Å². The molecule has 0 aromatic heterocycles. The number of anilines is 1.